The molecule has 0 aliphatic carbocycles. The molecule has 8 nitrogen and oxygen atoms in total. The molecule has 0 fully saturated rings. The van der Waals surface area contributed by atoms with Crippen molar-refractivity contribution in [1.82, 2.24) is 20.3 Å². The van der Waals surface area contributed by atoms with E-state index in [0.717, 1.165) is 0 Å². The summed E-state index contributed by atoms with van der Waals surface area (Å²) < 4.78 is 20.0. The molecular weight excluding hydrogens is 353 g/mol. The number of anilines is 1. The van der Waals surface area contributed by atoms with E-state index in [4.69, 9.17) is 21.1 Å². The van der Waals surface area contributed by atoms with Gasteiger partial charge >= 0.3 is 6.09 Å². The number of nitrogens with zero attached hydrogens (tertiary/aromatic N) is 2. The van der Waals surface area contributed by atoms with E-state index in [1.807, 2.05) is 0 Å². The number of aromatic amines is 1. The van der Waals surface area contributed by atoms with E-state index >= 15 is 0 Å². The number of aromatic nitrogens is 3. The average molecular weight is 368 g/mol. The number of carbonyl (C=O) groups is 1. The highest BCUT2D eigenvalue weighted by Crippen LogP contribution is 2.28. The summed E-state index contributed by atoms with van der Waals surface area (Å²) in [6.07, 6.45) is 0.488. The number of hydrogen-bond donors (Lipinski definition) is 4. The Morgan fingerprint density at radius 3 is 3.00 bits per heavy atom. The van der Waals surface area contributed by atoms with Crippen molar-refractivity contribution >= 4 is 34.5 Å². The van der Waals surface area contributed by atoms with Crippen LogP contribution in [0, 0.1) is 5.82 Å². The van der Waals surface area contributed by atoms with Crippen LogP contribution in [0.4, 0.5) is 15.0 Å². The summed E-state index contributed by atoms with van der Waals surface area (Å²) in [7, 11) is 0. The third kappa shape index (κ3) is 3.82. The molecule has 0 saturated carbocycles. The molecule has 25 heavy (non-hydrogen) atoms. The Labute approximate surface area is 146 Å². The number of nitrogens with one attached hydrogen (secondary N) is 3. The van der Waals surface area contributed by atoms with E-state index in [0.29, 0.717) is 12.3 Å². The molecule has 4 N–H and O–H groups in total. The first-order valence-electron chi connectivity index (χ1n) is 7.43. The molecule has 1 atom stereocenters. The maximum Gasteiger partial charge on any atom is 0.404 e. The maximum absolute atomic E-state index is 14.8. The Morgan fingerprint density at radius 2 is 2.32 bits per heavy atom. The Morgan fingerprint density at radius 1 is 1.52 bits per heavy atom. The van der Waals surface area contributed by atoms with Gasteiger partial charge in [-0.05, 0) is 30.7 Å². The Hall–Kier alpha value is -2.81. The van der Waals surface area contributed by atoms with Crippen molar-refractivity contribution < 1.29 is 18.7 Å². The maximum atomic E-state index is 14.8. The van der Waals surface area contributed by atoms with E-state index in [2.05, 4.69) is 25.6 Å². The molecule has 3 aromatic heterocycles. The summed E-state index contributed by atoms with van der Waals surface area (Å²) in [4.78, 5) is 21.5. The van der Waals surface area contributed by atoms with Crippen LogP contribution in [-0.4, -0.2) is 32.2 Å². The largest absolute Gasteiger partial charge is 0.467 e. The molecule has 0 aliphatic heterocycles. The fraction of sp³-hybridized carbons (Fsp3) is 0.267. The van der Waals surface area contributed by atoms with Crippen LogP contribution in [0.3, 0.4) is 0 Å². The summed E-state index contributed by atoms with van der Waals surface area (Å²) in [6, 6.07) is 3.03. The topological polar surface area (TPSA) is 116 Å². The lowest BCUT2D eigenvalue weighted by Crippen LogP contribution is -2.32. The number of halogens is 2. The van der Waals surface area contributed by atoms with Crippen molar-refractivity contribution in [1.29, 1.82) is 0 Å². The molecule has 0 aliphatic rings. The predicted octanol–water partition coefficient (Wildman–Crippen LogP) is 3.15. The van der Waals surface area contributed by atoms with Crippen molar-refractivity contribution in [3.63, 3.8) is 0 Å². The molecule has 0 aromatic carbocycles. The van der Waals surface area contributed by atoms with Crippen molar-refractivity contribution in [3.05, 3.63) is 41.0 Å². The quantitative estimate of drug-likeness (QED) is 0.497. The molecule has 0 radical (unpaired) electrons. The Kier molecular flexibility index (Phi) is 4.75. The molecule has 3 heterocycles. The van der Waals surface area contributed by atoms with E-state index < -0.39 is 18.0 Å². The van der Waals surface area contributed by atoms with Crippen molar-refractivity contribution in [3.8, 4) is 0 Å². The number of H-pyrrole nitrogens is 1. The van der Waals surface area contributed by atoms with Gasteiger partial charge in [0.05, 0.1) is 23.9 Å². The minimum atomic E-state index is -1.17. The second-order valence-electron chi connectivity index (χ2n) is 5.47. The SMILES string of the molecule is CC(Cc1[nH]c2nc(Cl)nc(NCc3ccco3)c2c1F)NC(=O)O. The van der Waals surface area contributed by atoms with Gasteiger partial charge in [-0.15, -0.1) is 0 Å². The molecular formula is C15H15ClFN5O3. The number of hydrogen-bond acceptors (Lipinski definition) is 5. The zero-order chi connectivity index (χ0) is 18.0. The van der Waals surface area contributed by atoms with Crippen molar-refractivity contribution in [2.24, 2.45) is 0 Å². The lowest BCUT2D eigenvalue weighted by atomic mass is 10.1. The van der Waals surface area contributed by atoms with Gasteiger partial charge in [0.25, 0.3) is 0 Å². The van der Waals surface area contributed by atoms with Gasteiger partial charge in [-0.2, -0.15) is 9.97 Å². The molecule has 1 amide bonds. The van der Waals surface area contributed by atoms with Crippen LogP contribution in [0.5, 0.6) is 0 Å². The zero-order valence-electron chi connectivity index (χ0n) is 13.1. The third-order valence-corrected chi connectivity index (χ3v) is 3.69. The van der Waals surface area contributed by atoms with Gasteiger partial charge in [-0.1, -0.05) is 0 Å². The van der Waals surface area contributed by atoms with E-state index in [1.54, 1.807) is 19.1 Å². The van der Waals surface area contributed by atoms with Gasteiger partial charge < -0.3 is 25.1 Å². The van der Waals surface area contributed by atoms with Crippen LogP contribution in [0.2, 0.25) is 5.28 Å². The fourth-order valence-corrected chi connectivity index (χ4v) is 2.67. The molecule has 0 bridgehead atoms. The summed E-state index contributed by atoms with van der Waals surface area (Å²) in [5, 5.41) is 14.1. The van der Waals surface area contributed by atoms with E-state index in [9.17, 15) is 9.18 Å². The van der Waals surface area contributed by atoms with Gasteiger partial charge in [0.2, 0.25) is 5.28 Å². The number of amides is 1. The molecule has 3 rings (SSSR count). The van der Waals surface area contributed by atoms with Crippen LogP contribution in [0.1, 0.15) is 18.4 Å². The number of rotatable bonds is 6. The third-order valence-electron chi connectivity index (χ3n) is 3.53. The van der Waals surface area contributed by atoms with Crippen LogP contribution < -0.4 is 10.6 Å². The van der Waals surface area contributed by atoms with Crippen LogP contribution >= 0.6 is 11.6 Å². The number of carboxylic acid groups (broad SMARTS) is 1. The Bertz CT molecular complexity index is 896. The highest BCUT2D eigenvalue weighted by molar-refractivity contribution is 6.28. The summed E-state index contributed by atoms with van der Waals surface area (Å²) in [5.41, 5.74) is 0.450. The zero-order valence-corrected chi connectivity index (χ0v) is 13.9. The molecule has 1 unspecified atom stereocenters. The van der Waals surface area contributed by atoms with Crippen LogP contribution in [-0.2, 0) is 13.0 Å². The highest BCUT2D eigenvalue weighted by atomic mass is 35.5. The normalized spacial score (nSPS) is 12.3. The fourth-order valence-electron chi connectivity index (χ4n) is 2.50. The van der Waals surface area contributed by atoms with Gasteiger partial charge in [0, 0.05) is 12.5 Å². The smallest absolute Gasteiger partial charge is 0.404 e. The minimum absolute atomic E-state index is 0.0426. The number of fused-ring (bicyclic) bond motifs is 1. The lowest BCUT2D eigenvalue weighted by Gasteiger charge is -2.09. The molecule has 0 spiro atoms. The summed E-state index contributed by atoms with van der Waals surface area (Å²) >= 11 is 5.90. The molecule has 10 heteroatoms. The predicted molar refractivity (Wildman–Crippen MR) is 89.2 cm³/mol. The second kappa shape index (κ2) is 6.98. The summed E-state index contributed by atoms with van der Waals surface area (Å²) in [5.74, 6) is 0.330. The van der Waals surface area contributed by atoms with Gasteiger partial charge in [0.1, 0.15) is 17.2 Å². The standard InChI is InChI=1S/C15H15ClFN5O3/c1-7(19-15(23)24)5-9-11(17)10-12(18-6-8-3-2-4-25-8)21-14(16)22-13(10)20-9/h2-4,7,19H,5-6H2,1H3,(H,23,24)(H2,18,20,21,22). The first kappa shape index (κ1) is 17.0. The number of furan rings is 1. The summed E-state index contributed by atoms with van der Waals surface area (Å²) in [6.45, 7) is 1.93. The Balaban J connectivity index is 1.90. The highest BCUT2D eigenvalue weighted by Gasteiger charge is 2.20. The molecule has 132 valence electrons. The first-order chi connectivity index (χ1) is 11.9. The van der Waals surface area contributed by atoms with Gasteiger partial charge in [0.15, 0.2) is 5.82 Å². The van der Waals surface area contributed by atoms with Gasteiger partial charge in [-0.3, -0.25) is 0 Å². The minimum Gasteiger partial charge on any atom is -0.467 e. The van der Waals surface area contributed by atoms with E-state index in [-0.39, 0.29) is 34.2 Å². The van der Waals surface area contributed by atoms with E-state index in [1.165, 1.54) is 6.26 Å². The average Bonchev–Trinajstić information content (AvgIpc) is 3.13. The first-order valence-corrected chi connectivity index (χ1v) is 7.81. The van der Waals surface area contributed by atoms with Crippen LogP contribution in [0.15, 0.2) is 22.8 Å². The second-order valence-corrected chi connectivity index (χ2v) is 5.81. The molecule has 3 aromatic rings. The monoisotopic (exact) mass is 367 g/mol. The van der Waals surface area contributed by atoms with Gasteiger partial charge in [-0.25, -0.2) is 9.18 Å². The molecule has 0 saturated heterocycles. The van der Waals surface area contributed by atoms with Crippen LogP contribution in [0.25, 0.3) is 11.0 Å². The lowest BCUT2D eigenvalue weighted by molar-refractivity contribution is 0.190. The van der Waals surface area contributed by atoms with Crippen molar-refractivity contribution in [2.75, 3.05) is 5.32 Å². The van der Waals surface area contributed by atoms with Crippen molar-refractivity contribution in [2.45, 2.75) is 25.9 Å².